The summed E-state index contributed by atoms with van der Waals surface area (Å²) in [4.78, 5) is 20.1. The number of aromatic nitrogens is 2. The van der Waals surface area contributed by atoms with Gasteiger partial charge in [0, 0.05) is 12.4 Å². The molecule has 0 spiro atoms. The first-order chi connectivity index (χ1) is 10.6. The van der Waals surface area contributed by atoms with Gasteiger partial charge in [-0.2, -0.15) is 5.10 Å². The lowest BCUT2D eigenvalue weighted by Crippen LogP contribution is -2.14. The fourth-order valence-electron chi connectivity index (χ4n) is 1.92. The molecule has 0 aliphatic carbocycles. The van der Waals surface area contributed by atoms with Crippen molar-refractivity contribution in [1.82, 2.24) is 15.4 Å². The van der Waals surface area contributed by atoms with E-state index in [9.17, 15) is 9.90 Å². The highest BCUT2D eigenvalue weighted by molar-refractivity contribution is 9.11. The molecule has 0 atom stereocenters. The van der Waals surface area contributed by atoms with Gasteiger partial charge in [0.25, 0.3) is 5.91 Å². The minimum Gasteiger partial charge on any atom is -0.506 e. The average molecular weight is 424 g/mol. The summed E-state index contributed by atoms with van der Waals surface area (Å²) in [6, 6.07) is 3.40. The summed E-state index contributed by atoms with van der Waals surface area (Å²) >= 11 is 6.52. The number of benzene rings is 1. The van der Waals surface area contributed by atoms with E-state index in [1.54, 1.807) is 24.4 Å². The van der Waals surface area contributed by atoms with E-state index in [1.165, 1.54) is 12.4 Å². The maximum atomic E-state index is 12.0. The Morgan fingerprint density at radius 3 is 2.55 bits per heavy atom. The predicted molar refractivity (Wildman–Crippen MR) is 88.2 cm³/mol. The minimum absolute atomic E-state index is 0.0980. The molecule has 2 N–H and O–H groups in total. The van der Waals surface area contributed by atoms with Crippen molar-refractivity contribution in [3.05, 3.63) is 56.5 Å². The third-order valence-corrected chi connectivity index (χ3v) is 4.13. The fourth-order valence-corrected chi connectivity index (χ4v) is 3.14. The summed E-state index contributed by atoms with van der Waals surface area (Å²) in [5, 5.41) is 13.7. The van der Waals surface area contributed by atoms with Crippen molar-refractivity contribution < 1.29 is 9.90 Å². The summed E-state index contributed by atoms with van der Waals surface area (Å²) < 4.78 is 1.04. The van der Waals surface area contributed by atoms with E-state index in [1.807, 2.05) is 0 Å². The summed E-state index contributed by atoms with van der Waals surface area (Å²) in [7, 11) is 0. The molecule has 110 valence electrons. The molecular weight excluding hydrogens is 416 g/mol. The Labute approximate surface area is 142 Å². The first kappa shape index (κ1) is 14.9. The Balaban J connectivity index is 2.06. The van der Waals surface area contributed by atoms with E-state index in [4.69, 9.17) is 0 Å². The summed E-state index contributed by atoms with van der Waals surface area (Å²) in [5.41, 5.74) is 4.45. The van der Waals surface area contributed by atoms with Gasteiger partial charge in [-0.15, -0.1) is 0 Å². The standard InChI is InChI=1S/C14H8Br2N4O2/c15-9-4-7(5-10(16)13(9)21)3-8-12(19-20-14(8)22)11-6-17-1-2-18-11/h1-6,21H,(H,20,22). The van der Waals surface area contributed by atoms with Gasteiger partial charge < -0.3 is 5.11 Å². The molecular formula is C14H8Br2N4O2. The molecule has 0 saturated heterocycles. The molecule has 1 aliphatic rings. The zero-order valence-corrected chi connectivity index (χ0v) is 14.1. The third-order valence-electron chi connectivity index (χ3n) is 2.93. The number of phenolic OH excluding ortho intramolecular Hbond substituents is 1. The van der Waals surface area contributed by atoms with Crippen molar-refractivity contribution in [2.45, 2.75) is 0 Å². The summed E-state index contributed by atoms with van der Waals surface area (Å²) in [6.45, 7) is 0. The number of hydrogen-bond acceptors (Lipinski definition) is 5. The van der Waals surface area contributed by atoms with Crippen LogP contribution in [-0.2, 0) is 4.79 Å². The first-order valence-corrected chi connectivity index (χ1v) is 7.69. The Bertz CT molecular complexity index is 796. The zero-order valence-electron chi connectivity index (χ0n) is 10.9. The van der Waals surface area contributed by atoms with Crippen LogP contribution in [0.4, 0.5) is 0 Å². The maximum absolute atomic E-state index is 12.0. The van der Waals surface area contributed by atoms with Gasteiger partial charge in [-0.05, 0) is 55.6 Å². The molecule has 3 rings (SSSR count). The third kappa shape index (κ3) is 2.79. The van der Waals surface area contributed by atoms with Crippen molar-refractivity contribution in [1.29, 1.82) is 0 Å². The molecule has 2 aromatic rings. The van der Waals surface area contributed by atoms with Gasteiger partial charge in [-0.1, -0.05) is 0 Å². The van der Waals surface area contributed by atoms with Crippen molar-refractivity contribution in [3.8, 4) is 5.75 Å². The molecule has 6 nitrogen and oxygen atoms in total. The molecule has 1 aromatic carbocycles. The van der Waals surface area contributed by atoms with Gasteiger partial charge in [0.2, 0.25) is 0 Å². The Hall–Kier alpha value is -2.06. The molecule has 2 heterocycles. The predicted octanol–water partition coefficient (Wildman–Crippen LogP) is 2.62. The highest BCUT2D eigenvalue weighted by atomic mass is 79.9. The maximum Gasteiger partial charge on any atom is 0.273 e. The fraction of sp³-hybridized carbons (Fsp3) is 0. The highest BCUT2D eigenvalue weighted by Crippen LogP contribution is 2.34. The van der Waals surface area contributed by atoms with Crippen LogP contribution in [0, 0.1) is 0 Å². The lowest BCUT2D eigenvalue weighted by molar-refractivity contribution is -0.116. The van der Waals surface area contributed by atoms with Crippen LogP contribution < -0.4 is 5.43 Å². The molecule has 1 amide bonds. The molecule has 0 fully saturated rings. The van der Waals surface area contributed by atoms with E-state index < -0.39 is 0 Å². The number of phenols is 1. The number of hydrogen-bond donors (Lipinski definition) is 2. The van der Waals surface area contributed by atoms with E-state index in [0.717, 1.165) is 5.56 Å². The molecule has 22 heavy (non-hydrogen) atoms. The van der Waals surface area contributed by atoms with Gasteiger partial charge in [-0.25, -0.2) is 5.43 Å². The number of hydrazone groups is 1. The van der Waals surface area contributed by atoms with Gasteiger partial charge >= 0.3 is 0 Å². The van der Waals surface area contributed by atoms with E-state index in [2.05, 4.69) is 52.4 Å². The van der Waals surface area contributed by atoms with Gasteiger partial charge in [0.1, 0.15) is 17.2 Å². The van der Waals surface area contributed by atoms with Crippen molar-refractivity contribution in [2.24, 2.45) is 5.10 Å². The number of halogens is 2. The molecule has 0 unspecified atom stereocenters. The van der Waals surface area contributed by atoms with E-state index in [0.29, 0.717) is 25.9 Å². The monoisotopic (exact) mass is 422 g/mol. The number of carbonyl (C=O) groups excluding carboxylic acids is 1. The second kappa shape index (κ2) is 5.98. The molecule has 0 bridgehead atoms. The minimum atomic E-state index is -0.319. The SMILES string of the molecule is O=C1NN=C(c2cnccn2)C1=Cc1cc(Br)c(O)c(Br)c1. The quantitative estimate of drug-likeness (QED) is 0.726. The van der Waals surface area contributed by atoms with Crippen molar-refractivity contribution >= 4 is 49.6 Å². The molecule has 0 saturated carbocycles. The lowest BCUT2D eigenvalue weighted by atomic mass is 10.0. The van der Waals surface area contributed by atoms with Crippen LogP contribution in [0.25, 0.3) is 6.08 Å². The Morgan fingerprint density at radius 2 is 1.91 bits per heavy atom. The van der Waals surface area contributed by atoms with Crippen LogP contribution in [0.1, 0.15) is 11.3 Å². The van der Waals surface area contributed by atoms with E-state index >= 15 is 0 Å². The molecule has 1 aromatic heterocycles. The first-order valence-electron chi connectivity index (χ1n) is 6.11. The summed E-state index contributed by atoms with van der Waals surface area (Å²) in [6.07, 6.45) is 6.29. The number of rotatable bonds is 2. The Kier molecular flexibility index (Phi) is 4.04. The second-order valence-corrected chi connectivity index (χ2v) is 6.09. The number of nitrogens with zero attached hydrogens (tertiary/aromatic N) is 3. The van der Waals surface area contributed by atoms with Crippen LogP contribution in [0.5, 0.6) is 5.75 Å². The van der Waals surface area contributed by atoms with Crippen LogP contribution in [0.2, 0.25) is 0 Å². The van der Waals surface area contributed by atoms with Crippen molar-refractivity contribution in [2.75, 3.05) is 0 Å². The average Bonchev–Trinajstić information content (AvgIpc) is 2.87. The van der Waals surface area contributed by atoms with E-state index in [-0.39, 0.29) is 11.7 Å². The topological polar surface area (TPSA) is 87.5 Å². The van der Waals surface area contributed by atoms with Gasteiger partial charge in [-0.3, -0.25) is 14.8 Å². The van der Waals surface area contributed by atoms with Crippen LogP contribution in [0.15, 0.2) is 50.3 Å². The normalized spacial score (nSPS) is 15.8. The van der Waals surface area contributed by atoms with Crippen molar-refractivity contribution in [3.63, 3.8) is 0 Å². The molecule has 8 heteroatoms. The Morgan fingerprint density at radius 1 is 1.18 bits per heavy atom. The zero-order chi connectivity index (χ0) is 15.7. The second-order valence-electron chi connectivity index (χ2n) is 4.38. The number of nitrogens with one attached hydrogen (secondary N) is 1. The largest absolute Gasteiger partial charge is 0.506 e. The highest BCUT2D eigenvalue weighted by Gasteiger charge is 2.25. The molecule has 0 radical (unpaired) electrons. The lowest BCUT2D eigenvalue weighted by Gasteiger charge is -2.04. The number of aromatic hydroxyl groups is 1. The van der Waals surface area contributed by atoms with Gasteiger partial charge in [0.15, 0.2) is 0 Å². The smallest absolute Gasteiger partial charge is 0.273 e. The summed E-state index contributed by atoms with van der Waals surface area (Å²) in [5.74, 6) is -0.221. The van der Waals surface area contributed by atoms with Gasteiger partial charge in [0.05, 0.1) is 20.7 Å². The van der Waals surface area contributed by atoms with Crippen LogP contribution in [0.3, 0.4) is 0 Å². The van der Waals surface area contributed by atoms with Crippen LogP contribution >= 0.6 is 31.9 Å². The number of amides is 1. The number of carbonyl (C=O) groups is 1. The molecule has 1 aliphatic heterocycles. The van der Waals surface area contributed by atoms with Crippen LogP contribution in [-0.4, -0.2) is 26.7 Å².